The molecule has 3 nitrogen and oxygen atoms in total. The van der Waals surface area contributed by atoms with E-state index in [0.717, 1.165) is 28.1 Å². The third kappa shape index (κ3) is 3.38. The van der Waals surface area contributed by atoms with Gasteiger partial charge in [-0.15, -0.1) is 0 Å². The molecule has 0 bridgehead atoms. The average molecular weight is 268 g/mol. The molecule has 0 aliphatic carbocycles. The number of hydrogen-bond acceptors (Lipinski definition) is 2. The third-order valence-corrected chi connectivity index (χ3v) is 3.41. The topological polar surface area (TPSA) is 55.1 Å². The molecule has 0 saturated carbocycles. The van der Waals surface area contributed by atoms with Crippen LogP contribution in [0.2, 0.25) is 0 Å². The number of amides is 1. The molecule has 0 unspecified atom stereocenters. The third-order valence-electron chi connectivity index (χ3n) is 3.41. The molecule has 20 heavy (non-hydrogen) atoms. The zero-order chi connectivity index (χ0) is 14.7. The first-order chi connectivity index (χ1) is 9.45. The monoisotopic (exact) mass is 268 g/mol. The molecule has 0 aliphatic heterocycles. The Morgan fingerprint density at radius 1 is 1.05 bits per heavy atom. The Labute approximate surface area is 119 Å². The van der Waals surface area contributed by atoms with Crippen molar-refractivity contribution in [1.82, 2.24) is 0 Å². The Morgan fingerprint density at radius 2 is 1.80 bits per heavy atom. The molecule has 104 valence electrons. The van der Waals surface area contributed by atoms with Gasteiger partial charge in [0.15, 0.2) is 0 Å². The number of rotatable bonds is 3. The molecular weight excluding hydrogens is 248 g/mol. The fourth-order valence-corrected chi connectivity index (χ4v) is 2.12. The van der Waals surface area contributed by atoms with Crippen molar-refractivity contribution in [3.63, 3.8) is 0 Å². The molecule has 0 aromatic heterocycles. The van der Waals surface area contributed by atoms with Crippen molar-refractivity contribution in [2.45, 2.75) is 27.2 Å². The van der Waals surface area contributed by atoms with Gasteiger partial charge in [0.1, 0.15) is 0 Å². The summed E-state index contributed by atoms with van der Waals surface area (Å²) in [6.45, 7) is 5.98. The van der Waals surface area contributed by atoms with Gasteiger partial charge < -0.3 is 11.1 Å². The van der Waals surface area contributed by atoms with Crippen LogP contribution in [-0.2, 0) is 11.2 Å². The van der Waals surface area contributed by atoms with E-state index < -0.39 is 0 Å². The average Bonchev–Trinajstić information content (AvgIpc) is 2.38. The van der Waals surface area contributed by atoms with Crippen LogP contribution in [-0.4, -0.2) is 5.91 Å². The van der Waals surface area contributed by atoms with Crippen LogP contribution >= 0.6 is 0 Å². The smallest absolute Gasteiger partial charge is 0.228 e. The van der Waals surface area contributed by atoms with Crippen LogP contribution in [0.25, 0.3) is 0 Å². The Bertz CT molecular complexity index is 647. The fourth-order valence-electron chi connectivity index (χ4n) is 2.12. The SMILES string of the molecule is Cc1ccc(C)c(CC(=O)Nc2ccc(N)c(C)c2)c1. The van der Waals surface area contributed by atoms with Crippen LogP contribution in [0.3, 0.4) is 0 Å². The summed E-state index contributed by atoms with van der Waals surface area (Å²) in [6, 6.07) is 11.7. The number of aryl methyl sites for hydroxylation is 3. The van der Waals surface area contributed by atoms with Gasteiger partial charge in [-0.2, -0.15) is 0 Å². The zero-order valence-corrected chi connectivity index (χ0v) is 12.2. The molecule has 0 fully saturated rings. The maximum Gasteiger partial charge on any atom is 0.228 e. The van der Waals surface area contributed by atoms with E-state index in [0.29, 0.717) is 6.42 Å². The van der Waals surface area contributed by atoms with Crippen LogP contribution in [0.1, 0.15) is 22.3 Å². The van der Waals surface area contributed by atoms with E-state index in [1.807, 2.05) is 45.0 Å². The minimum Gasteiger partial charge on any atom is -0.399 e. The number of carbonyl (C=O) groups excluding carboxylic acids is 1. The molecule has 2 aromatic rings. The Morgan fingerprint density at radius 3 is 2.50 bits per heavy atom. The molecule has 0 radical (unpaired) electrons. The highest BCUT2D eigenvalue weighted by molar-refractivity contribution is 5.92. The first-order valence-corrected chi connectivity index (χ1v) is 6.68. The Hall–Kier alpha value is -2.29. The molecule has 0 heterocycles. The standard InChI is InChI=1S/C17H20N2O/c1-11-4-5-12(2)14(8-11)10-17(20)19-15-6-7-16(18)13(3)9-15/h4-9H,10,18H2,1-3H3,(H,19,20). The summed E-state index contributed by atoms with van der Waals surface area (Å²) in [7, 11) is 0. The van der Waals surface area contributed by atoms with Crippen LogP contribution < -0.4 is 11.1 Å². The molecule has 0 spiro atoms. The van der Waals surface area contributed by atoms with Gasteiger partial charge in [-0.05, 0) is 55.7 Å². The fraction of sp³-hybridized carbons (Fsp3) is 0.235. The van der Waals surface area contributed by atoms with Gasteiger partial charge in [-0.1, -0.05) is 23.8 Å². The molecule has 3 N–H and O–H groups in total. The van der Waals surface area contributed by atoms with Crippen molar-refractivity contribution >= 4 is 17.3 Å². The maximum absolute atomic E-state index is 12.1. The summed E-state index contributed by atoms with van der Waals surface area (Å²) < 4.78 is 0. The lowest BCUT2D eigenvalue weighted by atomic mass is 10.0. The zero-order valence-electron chi connectivity index (χ0n) is 12.2. The van der Waals surface area contributed by atoms with Gasteiger partial charge >= 0.3 is 0 Å². The van der Waals surface area contributed by atoms with Crippen LogP contribution in [0.15, 0.2) is 36.4 Å². The molecule has 3 heteroatoms. The summed E-state index contributed by atoms with van der Waals surface area (Å²) in [5.74, 6) is -0.0112. The van der Waals surface area contributed by atoms with E-state index in [1.165, 1.54) is 5.56 Å². The van der Waals surface area contributed by atoms with E-state index in [2.05, 4.69) is 17.4 Å². The van der Waals surface area contributed by atoms with Crippen LogP contribution in [0.4, 0.5) is 11.4 Å². The van der Waals surface area contributed by atoms with E-state index in [1.54, 1.807) is 0 Å². The van der Waals surface area contributed by atoms with Gasteiger partial charge in [-0.25, -0.2) is 0 Å². The molecule has 0 saturated heterocycles. The summed E-state index contributed by atoms with van der Waals surface area (Å²) in [5, 5.41) is 2.91. The van der Waals surface area contributed by atoms with Crippen molar-refractivity contribution in [2.75, 3.05) is 11.1 Å². The van der Waals surface area contributed by atoms with Crippen molar-refractivity contribution in [3.05, 3.63) is 58.7 Å². The summed E-state index contributed by atoms with van der Waals surface area (Å²) >= 11 is 0. The molecule has 0 atom stereocenters. The number of hydrogen-bond donors (Lipinski definition) is 2. The molecule has 0 aliphatic rings. The first kappa shape index (κ1) is 14.1. The van der Waals surface area contributed by atoms with E-state index in [-0.39, 0.29) is 5.91 Å². The second-order valence-electron chi connectivity index (χ2n) is 5.23. The van der Waals surface area contributed by atoms with E-state index >= 15 is 0 Å². The number of nitrogens with two attached hydrogens (primary N) is 1. The van der Waals surface area contributed by atoms with E-state index in [4.69, 9.17) is 5.73 Å². The molecule has 2 aromatic carbocycles. The van der Waals surface area contributed by atoms with Gasteiger partial charge in [0.25, 0.3) is 0 Å². The Balaban J connectivity index is 2.09. The molecule has 2 rings (SSSR count). The van der Waals surface area contributed by atoms with Gasteiger partial charge in [-0.3, -0.25) is 4.79 Å². The quantitative estimate of drug-likeness (QED) is 0.838. The second kappa shape index (κ2) is 5.78. The van der Waals surface area contributed by atoms with Gasteiger partial charge in [0.05, 0.1) is 6.42 Å². The van der Waals surface area contributed by atoms with Gasteiger partial charge in [0.2, 0.25) is 5.91 Å². The summed E-state index contributed by atoms with van der Waals surface area (Å²) in [6.07, 6.45) is 0.386. The number of carbonyl (C=O) groups is 1. The number of anilines is 2. The van der Waals surface area contributed by atoms with Crippen LogP contribution in [0.5, 0.6) is 0 Å². The lowest BCUT2D eigenvalue weighted by molar-refractivity contribution is -0.115. The highest BCUT2D eigenvalue weighted by atomic mass is 16.1. The van der Waals surface area contributed by atoms with Gasteiger partial charge in [0, 0.05) is 11.4 Å². The predicted octanol–water partition coefficient (Wildman–Crippen LogP) is 3.38. The normalized spacial score (nSPS) is 10.3. The Kier molecular flexibility index (Phi) is 4.08. The number of benzene rings is 2. The molecular formula is C17H20N2O. The highest BCUT2D eigenvalue weighted by Gasteiger charge is 2.07. The van der Waals surface area contributed by atoms with Crippen LogP contribution in [0, 0.1) is 20.8 Å². The number of nitrogens with one attached hydrogen (secondary N) is 1. The van der Waals surface area contributed by atoms with Crippen molar-refractivity contribution in [2.24, 2.45) is 0 Å². The lowest BCUT2D eigenvalue weighted by Gasteiger charge is -2.09. The highest BCUT2D eigenvalue weighted by Crippen LogP contribution is 2.17. The summed E-state index contributed by atoms with van der Waals surface area (Å²) in [5.41, 5.74) is 11.6. The minimum absolute atomic E-state index is 0.0112. The maximum atomic E-state index is 12.1. The van der Waals surface area contributed by atoms with E-state index in [9.17, 15) is 4.79 Å². The number of nitrogen functional groups attached to an aromatic ring is 1. The largest absolute Gasteiger partial charge is 0.399 e. The minimum atomic E-state index is -0.0112. The van der Waals surface area contributed by atoms with Crippen molar-refractivity contribution in [1.29, 1.82) is 0 Å². The van der Waals surface area contributed by atoms with Crippen molar-refractivity contribution in [3.8, 4) is 0 Å². The first-order valence-electron chi connectivity index (χ1n) is 6.68. The molecule has 1 amide bonds. The predicted molar refractivity (Wildman–Crippen MR) is 83.8 cm³/mol. The van der Waals surface area contributed by atoms with Crippen molar-refractivity contribution < 1.29 is 4.79 Å². The lowest BCUT2D eigenvalue weighted by Crippen LogP contribution is -2.15. The second-order valence-corrected chi connectivity index (χ2v) is 5.23. The summed E-state index contributed by atoms with van der Waals surface area (Å²) in [4.78, 5) is 12.1.